The maximum Gasteiger partial charge on any atom is 0.747 e. The van der Waals surface area contributed by atoms with Gasteiger partial charge in [0.05, 0.1) is 0 Å². The van der Waals surface area contributed by atoms with Gasteiger partial charge in [0.25, 0.3) is 0 Å². The lowest BCUT2D eigenvalue weighted by molar-refractivity contribution is 0.410. The molecule has 6 heteroatoms. The van der Waals surface area contributed by atoms with Crippen LogP contribution in [0.15, 0.2) is 18.2 Å². The molecule has 0 saturated heterocycles. The fraction of sp³-hybridized carbons (Fsp3) is 0. The van der Waals surface area contributed by atoms with Crippen molar-refractivity contribution >= 4 is 31.5 Å². The SMILES string of the molecule is O=[P+](O)Oc1cc(Cl)cc(Cl)c1. The summed E-state index contributed by atoms with van der Waals surface area (Å²) in [5.41, 5.74) is 0. The van der Waals surface area contributed by atoms with Crippen molar-refractivity contribution in [3.05, 3.63) is 28.2 Å². The average Bonchev–Trinajstić information content (AvgIpc) is 1.81. The lowest BCUT2D eigenvalue weighted by atomic mass is 10.3. The second-order valence-corrected chi connectivity index (χ2v) is 3.47. The van der Waals surface area contributed by atoms with Gasteiger partial charge in [-0.25, -0.2) is 4.52 Å². The largest absolute Gasteiger partial charge is 0.747 e. The fourth-order valence-electron chi connectivity index (χ4n) is 0.671. The van der Waals surface area contributed by atoms with Crippen molar-refractivity contribution in [2.24, 2.45) is 0 Å². The van der Waals surface area contributed by atoms with E-state index in [4.69, 9.17) is 28.1 Å². The third-order valence-electron chi connectivity index (χ3n) is 1.02. The van der Waals surface area contributed by atoms with E-state index < -0.39 is 8.25 Å². The third-order valence-corrected chi connectivity index (χ3v) is 1.82. The van der Waals surface area contributed by atoms with Gasteiger partial charge in [0, 0.05) is 26.7 Å². The van der Waals surface area contributed by atoms with Crippen molar-refractivity contribution in [3.63, 3.8) is 0 Å². The van der Waals surface area contributed by atoms with Gasteiger partial charge in [0.15, 0.2) is 5.75 Å². The van der Waals surface area contributed by atoms with Crippen molar-refractivity contribution < 1.29 is 14.0 Å². The molecule has 1 aromatic carbocycles. The molecule has 12 heavy (non-hydrogen) atoms. The Morgan fingerprint density at radius 3 is 2.17 bits per heavy atom. The molecule has 1 N–H and O–H groups in total. The Morgan fingerprint density at radius 1 is 1.25 bits per heavy atom. The van der Waals surface area contributed by atoms with Crippen LogP contribution in [0.4, 0.5) is 0 Å². The van der Waals surface area contributed by atoms with Crippen LogP contribution in [0, 0.1) is 0 Å². The van der Waals surface area contributed by atoms with E-state index in [0.29, 0.717) is 10.0 Å². The van der Waals surface area contributed by atoms with Gasteiger partial charge in [-0.15, -0.1) is 4.89 Å². The minimum Gasteiger partial charge on any atom is -0.229 e. The average molecular weight is 226 g/mol. The van der Waals surface area contributed by atoms with E-state index in [9.17, 15) is 4.57 Å². The van der Waals surface area contributed by atoms with Gasteiger partial charge in [-0.05, 0) is 6.07 Å². The number of hydrogen-bond donors (Lipinski definition) is 1. The molecule has 0 spiro atoms. The van der Waals surface area contributed by atoms with Crippen LogP contribution < -0.4 is 4.52 Å². The van der Waals surface area contributed by atoms with Crippen LogP contribution in [0.1, 0.15) is 0 Å². The Labute approximate surface area is 79.8 Å². The van der Waals surface area contributed by atoms with Crippen molar-refractivity contribution in [1.29, 1.82) is 0 Å². The molecule has 0 aromatic heterocycles. The van der Waals surface area contributed by atoms with Gasteiger partial charge in [0.2, 0.25) is 0 Å². The van der Waals surface area contributed by atoms with Crippen LogP contribution >= 0.6 is 31.5 Å². The van der Waals surface area contributed by atoms with E-state index >= 15 is 0 Å². The molecule has 0 fully saturated rings. The van der Waals surface area contributed by atoms with Crippen LogP contribution in [0.3, 0.4) is 0 Å². The topological polar surface area (TPSA) is 46.5 Å². The zero-order chi connectivity index (χ0) is 9.14. The lowest BCUT2D eigenvalue weighted by Crippen LogP contribution is -1.79. The van der Waals surface area contributed by atoms with Crippen molar-refractivity contribution in [1.82, 2.24) is 0 Å². The minimum absolute atomic E-state index is 0.177. The highest BCUT2D eigenvalue weighted by atomic mass is 35.5. The minimum atomic E-state index is -2.67. The fourth-order valence-corrected chi connectivity index (χ4v) is 1.46. The second kappa shape index (κ2) is 4.06. The number of benzene rings is 1. The molecule has 0 heterocycles. The Hall–Kier alpha value is -0.340. The zero-order valence-corrected chi connectivity index (χ0v) is 8.11. The molecule has 0 bridgehead atoms. The van der Waals surface area contributed by atoms with Crippen molar-refractivity contribution in [3.8, 4) is 5.75 Å². The smallest absolute Gasteiger partial charge is 0.229 e. The monoisotopic (exact) mass is 225 g/mol. The summed E-state index contributed by atoms with van der Waals surface area (Å²) in [5, 5.41) is 0.712. The molecule has 0 saturated carbocycles. The van der Waals surface area contributed by atoms with Crippen LogP contribution in [-0.2, 0) is 4.57 Å². The first-order valence-corrected chi connectivity index (χ1v) is 4.77. The maximum absolute atomic E-state index is 10.2. The molecule has 0 amide bonds. The van der Waals surface area contributed by atoms with Gasteiger partial charge in [-0.3, -0.25) is 0 Å². The second-order valence-electron chi connectivity index (χ2n) is 1.93. The molecule has 0 aliphatic carbocycles. The first kappa shape index (κ1) is 9.75. The molecule has 1 rings (SSSR count). The number of halogens is 2. The summed E-state index contributed by atoms with van der Waals surface area (Å²) in [6, 6.07) is 4.30. The Morgan fingerprint density at radius 2 is 1.75 bits per heavy atom. The third kappa shape index (κ3) is 2.95. The highest BCUT2D eigenvalue weighted by Gasteiger charge is 2.14. The summed E-state index contributed by atoms with van der Waals surface area (Å²) in [5.74, 6) is 0.177. The van der Waals surface area contributed by atoms with Crippen LogP contribution in [0.5, 0.6) is 5.75 Å². The van der Waals surface area contributed by atoms with Crippen molar-refractivity contribution in [2.75, 3.05) is 0 Å². The molecule has 0 aliphatic rings. The summed E-state index contributed by atoms with van der Waals surface area (Å²) >= 11 is 11.2. The first-order valence-electron chi connectivity index (χ1n) is 2.88. The standard InChI is InChI=1S/C6H3Cl2O3P/c7-4-1-5(8)3-6(2-4)11-12(9)10/h1-3H/p+1. The first-order chi connectivity index (χ1) is 5.58. The van der Waals surface area contributed by atoms with Gasteiger partial charge in [0.1, 0.15) is 0 Å². The Balaban J connectivity index is 2.93. The van der Waals surface area contributed by atoms with Crippen molar-refractivity contribution in [2.45, 2.75) is 0 Å². The predicted molar refractivity (Wildman–Crippen MR) is 46.9 cm³/mol. The summed E-state index contributed by atoms with van der Waals surface area (Å²) < 4.78 is 14.7. The Kier molecular flexibility index (Phi) is 3.29. The Bertz CT molecular complexity index is 295. The lowest BCUT2D eigenvalue weighted by Gasteiger charge is -1.93. The molecular formula is C6H4Cl2O3P+. The molecule has 0 aliphatic heterocycles. The van der Waals surface area contributed by atoms with E-state index in [1.165, 1.54) is 18.2 Å². The molecule has 1 unspecified atom stereocenters. The highest BCUT2D eigenvalue weighted by molar-refractivity contribution is 7.32. The predicted octanol–water partition coefficient (Wildman–Crippen LogP) is 3.02. The quantitative estimate of drug-likeness (QED) is 0.788. The number of rotatable bonds is 2. The van der Waals surface area contributed by atoms with Gasteiger partial charge in [-0.1, -0.05) is 23.2 Å². The maximum atomic E-state index is 10.2. The van der Waals surface area contributed by atoms with E-state index in [0.717, 1.165) is 0 Å². The summed E-state index contributed by atoms with van der Waals surface area (Å²) in [4.78, 5) is 8.39. The zero-order valence-electron chi connectivity index (χ0n) is 5.70. The van der Waals surface area contributed by atoms with Crippen LogP contribution in [0.25, 0.3) is 0 Å². The molecule has 64 valence electrons. The van der Waals surface area contributed by atoms with Gasteiger partial charge in [-0.2, -0.15) is 0 Å². The van der Waals surface area contributed by atoms with Gasteiger partial charge >= 0.3 is 8.25 Å². The molecular weight excluding hydrogens is 222 g/mol. The summed E-state index contributed by atoms with van der Waals surface area (Å²) in [7, 11) is -2.67. The molecule has 0 radical (unpaired) electrons. The normalized spacial score (nSPS) is 11.1. The van der Waals surface area contributed by atoms with Crippen LogP contribution in [0.2, 0.25) is 10.0 Å². The summed E-state index contributed by atoms with van der Waals surface area (Å²) in [6.45, 7) is 0. The van der Waals surface area contributed by atoms with E-state index in [2.05, 4.69) is 4.52 Å². The molecule has 3 nitrogen and oxygen atoms in total. The summed E-state index contributed by atoms with van der Waals surface area (Å²) in [6.07, 6.45) is 0. The number of hydrogen-bond acceptors (Lipinski definition) is 2. The van der Waals surface area contributed by atoms with Crippen LogP contribution in [-0.4, -0.2) is 4.89 Å². The van der Waals surface area contributed by atoms with Gasteiger partial charge < -0.3 is 0 Å². The van der Waals surface area contributed by atoms with E-state index in [1.54, 1.807) is 0 Å². The molecule has 1 atom stereocenters. The van der Waals surface area contributed by atoms with E-state index in [1.807, 2.05) is 0 Å². The molecule has 1 aromatic rings. The van der Waals surface area contributed by atoms with E-state index in [-0.39, 0.29) is 5.75 Å². The highest BCUT2D eigenvalue weighted by Crippen LogP contribution is 2.29.